The summed E-state index contributed by atoms with van der Waals surface area (Å²) in [5.74, 6) is -0.197. The Morgan fingerprint density at radius 2 is 2.06 bits per heavy atom. The highest BCUT2D eigenvalue weighted by molar-refractivity contribution is 5.93. The summed E-state index contributed by atoms with van der Waals surface area (Å²) in [6.07, 6.45) is 2.42. The lowest BCUT2D eigenvalue weighted by molar-refractivity contribution is -0.141. The second-order valence-corrected chi connectivity index (χ2v) is 9.57. The summed E-state index contributed by atoms with van der Waals surface area (Å²) in [4.78, 5) is 43.3. The normalized spacial score (nSPS) is 32.5. The summed E-state index contributed by atoms with van der Waals surface area (Å²) in [7, 11) is 0. The highest BCUT2D eigenvalue weighted by atomic mass is 16.2. The second kappa shape index (κ2) is 7.57. The third-order valence-electron chi connectivity index (χ3n) is 7.64. The number of hydrogen-bond donors (Lipinski definition) is 2. The fourth-order valence-corrected chi connectivity index (χ4v) is 5.92. The van der Waals surface area contributed by atoms with E-state index in [9.17, 15) is 19.6 Å². The molecule has 7 atom stereocenters. The highest BCUT2D eigenvalue weighted by Gasteiger charge is 2.56. The molecule has 1 aromatic rings. The van der Waals surface area contributed by atoms with Crippen LogP contribution in [0, 0.1) is 17.2 Å². The number of piperazine rings is 1. The Balaban J connectivity index is 1.24. The van der Waals surface area contributed by atoms with Crippen molar-refractivity contribution >= 4 is 17.7 Å². The van der Waals surface area contributed by atoms with E-state index in [0.717, 1.165) is 18.4 Å². The first-order valence-electron chi connectivity index (χ1n) is 11.2. The predicted octanol–water partition coefficient (Wildman–Crippen LogP) is -0.0281. The molecule has 3 heterocycles. The lowest BCUT2D eigenvalue weighted by Gasteiger charge is -2.38. The van der Waals surface area contributed by atoms with Crippen LogP contribution in [0.4, 0.5) is 0 Å². The summed E-state index contributed by atoms with van der Waals surface area (Å²) >= 11 is 0. The maximum atomic E-state index is 13.2. The van der Waals surface area contributed by atoms with Crippen molar-refractivity contribution < 1.29 is 14.4 Å². The van der Waals surface area contributed by atoms with Crippen LogP contribution in [0.3, 0.4) is 0 Å². The van der Waals surface area contributed by atoms with E-state index in [1.807, 2.05) is 22.8 Å². The van der Waals surface area contributed by atoms with Gasteiger partial charge in [-0.1, -0.05) is 12.1 Å². The molecule has 4 aliphatic rings. The van der Waals surface area contributed by atoms with E-state index in [2.05, 4.69) is 6.07 Å². The molecule has 1 unspecified atom stereocenters. The molecule has 1 aromatic carbocycles. The monoisotopic (exact) mass is 436 g/mol. The van der Waals surface area contributed by atoms with E-state index in [0.29, 0.717) is 31.0 Å². The summed E-state index contributed by atoms with van der Waals surface area (Å²) in [5.41, 5.74) is 13.0. The van der Waals surface area contributed by atoms with Gasteiger partial charge in [0.25, 0.3) is 0 Å². The molecule has 4 fully saturated rings. The van der Waals surface area contributed by atoms with E-state index >= 15 is 0 Å². The summed E-state index contributed by atoms with van der Waals surface area (Å²) in [5, 5.41) is 9.36. The van der Waals surface area contributed by atoms with Crippen molar-refractivity contribution in [2.45, 2.75) is 62.4 Å². The number of amides is 3. The van der Waals surface area contributed by atoms with Crippen molar-refractivity contribution in [1.29, 1.82) is 5.26 Å². The molecule has 32 heavy (non-hydrogen) atoms. The van der Waals surface area contributed by atoms with E-state index < -0.39 is 11.9 Å². The highest BCUT2D eigenvalue weighted by Crippen LogP contribution is 2.48. The van der Waals surface area contributed by atoms with Gasteiger partial charge in [-0.2, -0.15) is 5.26 Å². The maximum Gasteiger partial charge on any atom is 0.248 e. The molecule has 4 N–H and O–H groups in total. The van der Waals surface area contributed by atoms with Crippen molar-refractivity contribution in [2.75, 3.05) is 13.1 Å². The third-order valence-corrected chi connectivity index (χ3v) is 7.64. The average molecular weight is 437 g/mol. The van der Waals surface area contributed by atoms with E-state index in [-0.39, 0.29) is 42.0 Å². The van der Waals surface area contributed by atoms with Crippen LogP contribution >= 0.6 is 0 Å². The first-order chi connectivity index (χ1) is 15.3. The Hall–Kier alpha value is -2.96. The molecule has 3 amide bonds. The maximum absolute atomic E-state index is 13.2. The van der Waals surface area contributed by atoms with E-state index in [1.54, 1.807) is 23.1 Å². The van der Waals surface area contributed by atoms with Gasteiger partial charge in [-0.15, -0.1) is 0 Å². The van der Waals surface area contributed by atoms with Gasteiger partial charge in [0, 0.05) is 30.7 Å². The Labute approximate surface area is 186 Å². The molecule has 0 spiro atoms. The van der Waals surface area contributed by atoms with Gasteiger partial charge in [-0.3, -0.25) is 19.3 Å². The Bertz CT molecular complexity index is 1020. The van der Waals surface area contributed by atoms with Crippen LogP contribution in [0.2, 0.25) is 0 Å². The quantitative estimate of drug-likeness (QED) is 0.643. The number of nitrogens with two attached hydrogens (primary N) is 2. The van der Waals surface area contributed by atoms with Gasteiger partial charge < -0.3 is 21.3 Å². The number of hydrogen-bond acceptors (Lipinski definition) is 6. The third kappa shape index (κ3) is 3.26. The van der Waals surface area contributed by atoms with Gasteiger partial charge in [0.05, 0.1) is 24.2 Å². The smallest absolute Gasteiger partial charge is 0.248 e. The molecule has 2 bridgehead atoms. The van der Waals surface area contributed by atoms with Crippen molar-refractivity contribution in [3.8, 4) is 6.07 Å². The Morgan fingerprint density at radius 3 is 2.75 bits per heavy atom. The SMILES string of the molecule is C[C@H](c1cccc(C(N)=O)c1)N1C(=O)[C@@H]2C[C@H]1CN2C[C@H](N)C(=O)N1[C@H](C#N)CC2C[C@@H]21. The molecular formula is C23H28N6O3. The first kappa shape index (κ1) is 20.9. The predicted molar refractivity (Wildman–Crippen MR) is 115 cm³/mol. The molecule has 1 saturated carbocycles. The largest absolute Gasteiger partial charge is 0.366 e. The number of fused-ring (bicyclic) bond motifs is 3. The topological polar surface area (TPSA) is 137 Å². The van der Waals surface area contributed by atoms with Crippen molar-refractivity contribution in [3.63, 3.8) is 0 Å². The Kier molecular flexibility index (Phi) is 4.95. The molecule has 0 radical (unpaired) electrons. The van der Waals surface area contributed by atoms with Crippen LogP contribution in [0.5, 0.6) is 0 Å². The fourth-order valence-electron chi connectivity index (χ4n) is 5.92. The number of carbonyl (C=O) groups excluding carboxylic acids is 3. The number of likely N-dealkylation sites (tertiary alicyclic amines) is 3. The van der Waals surface area contributed by atoms with Gasteiger partial charge in [-0.05, 0) is 49.8 Å². The molecule has 0 aromatic heterocycles. The number of benzene rings is 1. The lowest BCUT2D eigenvalue weighted by Crippen LogP contribution is -2.57. The lowest BCUT2D eigenvalue weighted by atomic mass is 10.0. The molecule has 9 heteroatoms. The minimum Gasteiger partial charge on any atom is -0.366 e. The zero-order valence-electron chi connectivity index (χ0n) is 18.1. The molecule has 5 rings (SSSR count). The second-order valence-electron chi connectivity index (χ2n) is 9.57. The zero-order chi connectivity index (χ0) is 22.7. The molecule has 168 valence electrons. The number of primary amides is 1. The van der Waals surface area contributed by atoms with Crippen LogP contribution in [-0.2, 0) is 9.59 Å². The van der Waals surface area contributed by atoms with E-state index in [1.165, 1.54) is 0 Å². The van der Waals surface area contributed by atoms with Crippen LogP contribution in [-0.4, -0.2) is 75.7 Å². The molecule has 3 aliphatic heterocycles. The van der Waals surface area contributed by atoms with Gasteiger partial charge in [0.2, 0.25) is 17.7 Å². The summed E-state index contributed by atoms with van der Waals surface area (Å²) in [6.45, 7) is 2.93. The van der Waals surface area contributed by atoms with Crippen LogP contribution in [0.1, 0.15) is 48.1 Å². The van der Waals surface area contributed by atoms with Gasteiger partial charge in [-0.25, -0.2) is 0 Å². The van der Waals surface area contributed by atoms with Crippen molar-refractivity contribution in [2.24, 2.45) is 17.4 Å². The number of carbonyl (C=O) groups is 3. The molecule has 1 aliphatic carbocycles. The standard InChI is InChI=1S/C23H28N6O3/c1-12(13-3-2-4-14(5-13)21(26)30)28-17-8-20(23(28)32)27(10-17)11-18(25)22(31)29-16(9-24)6-15-7-19(15)29/h2-5,12,15-20H,6-8,10-11,25H2,1H3,(H2,26,30)/t12-,15?,16+,17+,18+,19+,20+/m1/s1. The molecule has 9 nitrogen and oxygen atoms in total. The van der Waals surface area contributed by atoms with Crippen LogP contribution in [0.25, 0.3) is 0 Å². The van der Waals surface area contributed by atoms with Gasteiger partial charge in [0.15, 0.2) is 0 Å². The van der Waals surface area contributed by atoms with Crippen LogP contribution < -0.4 is 11.5 Å². The number of nitriles is 1. The number of rotatable bonds is 6. The number of piperidine rings is 1. The summed E-state index contributed by atoms with van der Waals surface area (Å²) < 4.78 is 0. The first-order valence-corrected chi connectivity index (χ1v) is 11.2. The van der Waals surface area contributed by atoms with E-state index in [4.69, 9.17) is 11.5 Å². The van der Waals surface area contributed by atoms with Crippen LogP contribution in [0.15, 0.2) is 24.3 Å². The van der Waals surface area contributed by atoms with Crippen molar-refractivity contribution in [3.05, 3.63) is 35.4 Å². The Morgan fingerprint density at radius 1 is 1.28 bits per heavy atom. The number of nitrogens with zero attached hydrogens (tertiary/aromatic N) is 4. The molecular weight excluding hydrogens is 408 g/mol. The zero-order valence-corrected chi connectivity index (χ0v) is 18.1. The minimum atomic E-state index is -0.740. The van der Waals surface area contributed by atoms with Gasteiger partial charge in [0.1, 0.15) is 6.04 Å². The molecule has 3 saturated heterocycles. The van der Waals surface area contributed by atoms with Crippen molar-refractivity contribution in [1.82, 2.24) is 14.7 Å². The fraction of sp³-hybridized carbons (Fsp3) is 0.565. The minimum absolute atomic E-state index is 0.0243. The average Bonchev–Trinajstić information content (AvgIpc) is 3.11. The summed E-state index contributed by atoms with van der Waals surface area (Å²) in [6, 6.07) is 7.93. The van der Waals surface area contributed by atoms with Gasteiger partial charge >= 0.3 is 0 Å².